The zero-order valence-electron chi connectivity index (χ0n) is 10.6. The monoisotopic (exact) mass is 249 g/mol. The Morgan fingerprint density at radius 2 is 1.89 bits per heavy atom. The summed E-state index contributed by atoms with van der Waals surface area (Å²) in [7, 11) is 0. The number of rotatable bonds is 4. The van der Waals surface area contributed by atoms with Crippen LogP contribution < -0.4 is 5.73 Å². The molecule has 0 atom stereocenters. The summed E-state index contributed by atoms with van der Waals surface area (Å²) in [5.74, 6) is 0.382. The minimum absolute atomic E-state index is 0.382. The van der Waals surface area contributed by atoms with Crippen molar-refractivity contribution in [2.75, 3.05) is 5.73 Å². The fraction of sp³-hybridized carbons (Fsp3) is 0. The van der Waals surface area contributed by atoms with E-state index in [1.807, 2.05) is 36.4 Å². The summed E-state index contributed by atoms with van der Waals surface area (Å²) in [4.78, 5) is 8.76. The highest BCUT2D eigenvalue weighted by Gasteiger charge is 2.08. The van der Waals surface area contributed by atoms with Crippen LogP contribution in [0.5, 0.6) is 0 Å². The first-order chi connectivity index (χ1) is 9.26. The zero-order chi connectivity index (χ0) is 13.7. The number of allylic oxidation sites excluding steroid dienone is 4. The lowest BCUT2D eigenvalue weighted by atomic mass is 10.1. The molecule has 2 rings (SSSR count). The summed E-state index contributed by atoms with van der Waals surface area (Å²) in [5, 5.41) is 0. The second-order valence-electron chi connectivity index (χ2n) is 3.92. The Morgan fingerprint density at radius 1 is 1.16 bits per heavy atom. The largest absolute Gasteiger partial charge is 0.382 e. The molecule has 1 heterocycles. The Balaban J connectivity index is 2.54. The summed E-state index contributed by atoms with van der Waals surface area (Å²) in [6, 6.07) is 9.84. The molecular formula is C16H15N3. The Bertz CT molecular complexity index is 628. The number of anilines is 1. The third-order valence-electron chi connectivity index (χ3n) is 2.66. The molecule has 0 fully saturated rings. The van der Waals surface area contributed by atoms with Crippen LogP contribution in [0.25, 0.3) is 16.8 Å². The van der Waals surface area contributed by atoms with E-state index < -0.39 is 0 Å². The van der Waals surface area contributed by atoms with E-state index >= 15 is 0 Å². The summed E-state index contributed by atoms with van der Waals surface area (Å²) in [5.41, 5.74) is 9.08. The molecule has 1 aromatic heterocycles. The molecule has 0 radical (unpaired) electrons. The van der Waals surface area contributed by atoms with Crippen LogP contribution in [0.15, 0.2) is 67.9 Å². The van der Waals surface area contributed by atoms with Crippen LogP contribution in [0.4, 0.5) is 5.82 Å². The minimum Gasteiger partial charge on any atom is -0.382 e. The van der Waals surface area contributed by atoms with Gasteiger partial charge in [-0.15, -0.1) is 0 Å². The first-order valence-corrected chi connectivity index (χ1v) is 5.89. The summed E-state index contributed by atoms with van der Waals surface area (Å²) < 4.78 is 0. The van der Waals surface area contributed by atoms with Gasteiger partial charge in [0.15, 0.2) is 0 Å². The number of nitrogens with two attached hydrogens (primary N) is 1. The second kappa shape index (κ2) is 5.78. The van der Waals surface area contributed by atoms with Gasteiger partial charge in [0.25, 0.3) is 0 Å². The van der Waals surface area contributed by atoms with Crippen LogP contribution in [0.2, 0.25) is 0 Å². The number of benzene rings is 1. The summed E-state index contributed by atoms with van der Waals surface area (Å²) >= 11 is 0. The molecule has 0 aliphatic rings. The molecule has 2 N–H and O–H groups in total. The van der Waals surface area contributed by atoms with Crippen molar-refractivity contribution in [2.45, 2.75) is 0 Å². The van der Waals surface area contributed by atoms with Crippen molar-refractivity contribution in [1.82, 2.24) is 9.97 Å². The van der Waals surface area contributed by atoms with Gasteiger partial charge in [0.1, 0.15) is 11.5 Å². The van der Waals surface area contributed by atoms with Crippen molar-refractivity contribution >= 4 is 11.4 Å². The van der Waals surface area contributed by atoms with Crippen molar-refractivity contribution in [2.24, 2.45) is 0 Å². The van der Waals surface area contributed by atoms with Gasteiger partial charge in [-0.25, -0.2) is 9.97 Å². The Labute approximate surface area is 112 Å². The number of hydrogen-bond acceptors (Lipinski definition) is 3. The van der Waals surface area contributed by atoms with Crippen molar-refractivity contribution < 1.29 is 0 Å². The Morgan fingerprint density at radius 3 is 2.53 bits per heavy atom. The summed E-state index contributed by atoms with van der Waals surface area (Å²) in [6.45, 7) is 7.43. The van der Waals surface area contributed by atoms with E-state index in [9.17, 15) is 0 Å². The highest BCUT2D eigenvalue weighted by atomic mass is 14.9. The predicted octanol–water partition coefficient (Wildman–Crippen LogP) is 3.48. The van der Waals surface area contributed by atoms with Gasteiger partial charge in [-0.2, -0.15) is 0 Å². The van der Waals surface area contributed by atoms with Crippen molar-refractivity contribution in [3.05, 3.63) is 73.6 Å². The fourth-order valence-corrected chi connectivity index (χ4v) is 1.73. The number of hydrogen-bond donors (Lipinski definition) is 1. The highest BCUT2D eigenvalue weighted by Crippen LogP contribution is 2.23. The summed E-state index contributed by atoms with van der Waals surface area (Å²) in [6.07, 6.45) is 6.84. The van der Waals surface area contributed by atoms with Gasteiger partial charge < -0.3 is 5.73 Å². The van der Waals surface area contributed by atoms with Gasteiger partial charge in [-0.05, 0) is 0 Å². The molecule has 0 unspecified atom stereocenters. The van der Waals surface area contributed by atoms with Crippen LogP contribution in [0, 0.1) is 0 Å². The standard InChI is InChI=1S/C16H15N3/c1-3-8-12(4-2)15-16(17)18-11-14(19-15)13-9-6-5-7-10-13/h3-11H,1-2H2,(H2,17,18)/b12-8+. The highest BCUT2D eigenvalue weighted by molar-refractivity contribution is 5.79. The second-order valence-corrected chi connectivity index (χ2v) is 3.92. The zero-order valence-corrected chi connectivity index (χ0v) is 10.6. The average Bonchev–Trinajstić information content (AvgIpc) is 2.46. The lowest BCUT2D eigenvalue weighted by molar-refractivity contribution is 1.19. The van der Waals surface area contributed by atoms with Crippen molar-refractivity contribution in [3.8, 4) is 11.3 Å². The molecular weight excluding hydrogens is 234 g/mol. The molecule has 1 aromatic carbocycles. The molecule has 3 nitrogen and oxygen atoms in total. The lowest BCUT2D eigenvalue weighted by Crippen LogP contribution is -2.01. The molecule has 0 saturated carbocycles. The Kier molecular flexibility index (Phi) is 3.88. The third kappa shape index (κ3) is 2.77. The van der Waals surface area contributed by atoms with Crippen LogP contribution in [0.1, 0.15) is 5.69 Å². The molecule has 0 aliphatic carbocycles. The first kappa shape index (κ1) is 12.8. The topological polar surface area (TPSA) is 51.8 Å². The third-order valence-corrected chi connectivity index (χ3v) is 2.66. The van der Waals surface area contributed by atoms with Gasteiger partial charge >= 0.3 is 0 Å². The van der Waals surface area contributed by atoms with E-state index in [0.29, 0.717) is 11.5 Å². The molecule has 3 heteroatoms. The molecule has 0 aliphatic heterocycles. The number of nitrogens with zero attached hydrogens (tertiary/aromatic N) is 2. The lowest BCUT2D eigenvalue weighted by Gasteiger charge is -2.07. The normalized spacial score (nSPS) is 11.1. The van der Waals surface area contributed by atoms with Gasteiger partial charge in [-0.1, -0.05) is 61.7 Å². The predicted molar refractivity (Wildman–Crippen MR) is 80.3 cm³/mol. The van der Waals surface area contributed by atoms with Gasteiger partial charge in [0, 0.05) is 11.1 Å². The van der Waals surface area contributed by atoms with Crippen molar-refractivity contribution in [3.63, 3.8) is 0 Å². The number of aromatic nitrogens is 2. The van der Waals surface area contributed by atoms with E-state index in [0.717, 1.165) is 16.8 Å². The van der Waals surface area contributed by atoms with Crippen LogP contribution in [-0.2, 0) is 0 Å². The Hall–Kier alpha value is -2.68. The van der Waals surface area contributed by atoms with Gasteiger partial charge in [-0.3, -0.25) is 0 Å². The maximum Gasteiger partial charge on any atom is 0.150 e. The van der Waals surface area contributed by atoms with Gasteiger partial charge in [0.05, 0.1) is 11.9 Å². The van der Waals surface area contributed by atoms with Gasteiger partial charge in [0.2, 0.25) is 0 Å². The van der Waals surface area contributed by atoms with E-state index in [2.05, 4.69) is 23.1 Å². The molecule has 2 aromatic rings. The van der Waals surface area contributed by atoms with E-state index in [4.69, 9.17) is 5.73 Å². The molecule has 0 saturated heterocycles. The van der Waals surface area contributed by atoms with E-state index in [-0.39, 0.29) is 0 Å². The maximum atomic E-state index is 5.88. The van der Waals surface area contributed by atoms with Crippen LogP contribution in [-0.4, -0.2) is 9.97 Å². The molecule has 19 heavy (non-hydrogen) atoms. The van der Waals surface area contributed by atoms with Crippen LogP contribution >= 0.6 is 0 Å². The fourth-order valence-electron chi connectivity index (χ4n) is 1.73. The molecule has 0 amide bonds. The first-order valence-electron chi connectivity index (χ1n) is 5.89. The quantitative estimate of drug-likeness (QED) is 0.844. The van der Waals surface area contributed by atoms with E-state index in [1.165, 1.54) is 0 Å². The van der Waals surface area contributed by atoms with Crippen molar-refractivity contribution in [1.29, 1.82) is 0 Å². The molecule has 0 spiro atoms. The van der Waals surface area contributed by atoms with E-state index in [1.54, 1.807) is 18.3 Å². The SMILES string of the molecule is C=C/C=C(\C=C)c1nc(-c2ccccc2)cnc1N. The van der Waals surface area contributed by atoms with Crippen LogP contribution in [0.3, 0.4) is 0 Å². The minimum atomic E-state index is 0.382. The number of nitrogen functional groups attached to an aromatic ring is 1. The smallest absolute Gasteiger partial charge is 0.150 e. The molecule has 94 valence electrons. The maximum absolute atomic E-state index is 5.88. The molecule has 0 bridgehead atoms. The average molecular weight is 249 g/mol.